The van der Waals surface area contributed by atoms with Crippen molar-refractivity contribution in [3.8, 4) is 0 Å². The highest BCUT2D eigenvalue weighted by molar-refractivity contribution is 5.76. The van der Waals surface area contributed by atoms with Gasteiger partial charge in [0.05, 0.1) is 25.4 Å². The van der Waals surface area contributed by atoms with E-state index in [0.29, 0.717) is 19.4 Å². The van der Waals surface area contributed by atoms with Crippen LogP contribution in [0.4, 0.5) is 0 Å². The molecule has 536 valence electrons. The molecule has 0 saturated carbocycles. The second-order valence-corrected chi connectivity index (χ2v) is 28.4. The molecule has 3 N–H and O–H groups in total. The van der Waals surface area contributed by atoms with Gasteiger partial charge in [0.2, 0.25) is 5.91 Å². The molecule has 1 amide bonds. The molecule has 6 heteroatoms. The van der Waals surface area contributed by atoms with Crippen molar-refractivity contribution < 1.29 is 24.5 Å². The summed E-state index contributed by atoms with van der Waals surface area (Å²) in [6, 6.07) is -0.628. The first-order chi connectivity index (χ1) is 45.0. The van der Waals surface area contributed by atoms with E-state index in [-0.39, 0.29) is 18.5 Å². The van der Waals surface area contributed by atoms with Crippen LogP contribution in [0.25, 0.3) is 0 Å². The third kappa shape index (κ3) is 76.7. The zero-order chi connectivity index (χ0) is 65.6. The van der Waals surface area contributed by atoms with Crippen LogP contribution in [0.2, 0.25) is 0 Å². The third-order valence-corrected chi connectivity index (χ3v) is 19.3. The summed E-state index contributed by atoms with van der Waals surface area (Å²) in [6.07, 6.45) is 107. The Morgan fingerprint density at radius 2 is 0.549 bits per heavy atom. The number of ether oxygens (including phenoxy) is 1. The van der Waals surface area contributed by atoms with Gasteiger partial charge in [-0.25, -0.2) is 0 Å². The third-order valence-electron chi connectivity index (χ3n) is 19.3. The number of aliphatic hydroxyl groups excluding tert-OH is 2. The van der Waals surface area contributed by atoms with E-state index in [1.165, 1.54) is 379 Å². The fraction of sp³-hybridized carbons (Fsp3) is 0.882. The van der Waals surface area contributed by atoms with Crippen LogP contribution in [0.5, 0.6) is 0 Å². The first-order valence-electron chi connectivity index (χ1n) is 41.4. The van der Waals surface area contributed by atoms with Crippen molar-refractivity contribution in [1.29, 1.82) is 0 Å². The molecule has 0 bridgehead atoms. The highest BCUT2D eigenvalue weighted by Gasteiger charge is 2.18. The molecule has 0 aliphatic rings. The lowest BCUT2D eigenvalue weighted by Gasteiger charge is -2.20. The second-order valence-electron chi connectivity index (χ2n) is 28.4. The Bertz CT molecular complexity index is 1520. The summed E-state index contributed by atoms with van der Waals surface area (Å²) in [7, 11) is 0. The van der Waals surface area contributed by atoms with Gasteiger partial charge in [0.1, 0.15) is 0 Å². The number of hydrogen-bond donors (Lipinski definition) is 3. The average molecular weight is 1280 g/mol. The molecule has 6 nitrogen and oxygen atoms in total. The van der Waals surface area contributed by atoms with Crippen LogP contribution >= 0.6 is 0 Å². The summed E-state index contributed by atoms with van der Waals surface area (Å²) in [4.78, 5) is 24.7. The van der Waals surface area contributed by atoms with Gasteiger partial charge < -0.3 is 20.3 Å². The maximum Gasteiger partial charge on any atom is 0.305 e. The number of hydrogen-bond acceptors (Lipinski definition) is 5. The van der Waals surface area contributed by atoms with Gasteiger partial charge in [0.15, 0.2) is 0 Å². The van der Waals surface area contributed by atoms with E-state index in [1.54, 1.807) is 6.08 Å². The molecule has 0 aliphatic carbocycles. The summed E-state index contributed by atoms with van der Waals surface area (Å²) in [5, 5.41) is 23.3. The first-order valence-corrected chi connectivity index (χ1v) is 41.4. The standard InChI is InChI=1S/C85H161NO5/c1-3-5-7-9-11-13-15-17-19-21-22-23-24-33-36-39-42-46-49-53-57-61-65-69-73-77-83(88)82(81-87)86-84(89)78-74-70-66-62-58-54-50-47-43-40-37-34-31-29-27-25-26-28-30-32-35-38-41-44-48-52-56-60-64-68-72-76-80-91-85(90)79-75-71-67-63-59-55-51-45-20-18-16-14-12-10-8-6-4-2/h12,14,18,20,28,30,73,77,82-83,87-88H,3-11,13,15-17,19,21-27,29,31-72,74-76,78-81H2,1-2H3,(H,86,89)/b14-12-,20-18-,30-28-,77-73+. The molecule has 0 heterocycles. The maximum atomic E-state index is 12.6. The fourth-order valence-electron chi connectivity index (χ4n) is 13.0. The van der Waals surface area contributed by atoms with Crippen LogP contribution in [0.1, 0.15) is 457 Å². The van der Waals surface area contributed by atoms with Gasteiger partial charge in [-0.1, -0.05) is 403 Å². The van der Waals surface area contributed by atoms with E-state index in [2.05, 4.69) is 55.6 Å². The first kappa shape index (κ1) is 88.8. The smallest absolute Gasteiger partial charge is 0.305 e. The minimum absolute atomic E-state index is 0.0108. The van der Waals surface area contributed by atoms with Crippen LogP contribution in [-0.4, -0.2) is 47.4 Å². The Morgan fingerprint density at radius 1 is 0.308 bits per heavy atom. The quantitative estimate of drug-likeness (QED) is 0.0320. The van der Waals surface area contributed by atoms with Gasteiger partial charge >= 0.3 is 5.97 Å². The van der Waals surface area contributed by atoms with Crippen molar-refractivity contribution in [2.75, 3.05) is 13.2 Å². The summed E-state index contributed by atoms with van der Waals surface area (Å²) in [5.74, 6) is -0.0496. The highest BCUT2D eigenvalue weighted by Crippen LogP contribution is 2.20. The lowest BCUT2D eigenvalue weighted by Crippen LogP contribution is -2.45. The number of amides is 1. The minimum atomic E-state index is -0.845. The number of carbonyl (C=O) groups is 2. The normalized spacial score (nSPS) is 12.7. The van der Waals surface area contributed by atoms with Crippen molar-refractivity contribution in [2.24, 2.45) is 0 Å². The highest BCUT2D eigenvalue weighted by atomic mass is 16.5. The Balaban J connectivity index is 3.38. The van der Waals surface area contributed by atoms with Gasteiger partial charge in [0.25, 0.3) is 0 Å². The lowest BCUT2D eigenvalue weighted by atomic mass is 10.0. The molecule has 0 spiro atoms. The summed E-state index contributed by atoms with van der Waals surface area (Å²) in [5.41, 5.74) is 0. The zero-order valence-corrected chi connectivity index (χ0v) is 61.6. The number of aliphatic hydroxyl groups is 2. The molecule has 2 atom stereocenters. The SMILES string of the molecule is CCCCC/C=C\C/C=C\CCCCCCCCCC(=O)OCCCCCCCCCCCCCC/C=C\CCCCCCCCCCCCCCCCCCC(=O)NC(CO)C(O)/C=C/CCCCCCCCCCCCCCCCCCCCCCCCC. The molecule has 0 aromatic rings. The second kappa shape index (κ2) is 80.3. The van der Waals surface area contributed by atoms with Crippen LogP contribution in [0.3, 0.4) is 0 Å². The monoisotopic (exact) mass is 1280 g/mol. The number of allylic oxidation sites excluding steroid dienone is 7. The molecule has 0 fully saturated rings. The predicted molar refractivity (Wildman–Crippen MR) is 402 cm³/mol. The predicted octanol–water partition coefficient (Wildman–Crippen LogP) is 27.5. The molecule has 0 radical (unpaired) electrons. The van der Waals surface area contributed by atoms with Crippen molar-refractivity contribution >= 4 is 11.9 Å². The summed E-state index contributed by atoms with van der Waals surface area (Å²) < 4.78 is 5.50. The average Bonchev–Trinajstić information content (AvgIpc) is 3.66. The number of nitrogens with one attached hydrogen (secondary N) is 1. The Kier molecular flexibility index (Phi) is 78.3. The molecule has 0 rings (SSSR count). The maximum absolute atomic E-state index is 12.6. The number of unbranched alkanes of at least 4 members (excludes halogenated alkanes) is 61. The molecule has 0 aliphatic heterocycles. The Morgan fingerprint density at radius 3 is 0.868 bits per heavy atom. The largest absolute Gasteiger partial charge is 0.466 e. The van der Waals surface area contributed by atoms with Gasteiger partial charge in [-0.05, 0) is 89.9 Å². The summed E-state index contributed by atoms with van der Waals surface area (Å²) >= 11 is 0. The lowest BCUT2D eigenvalue weighted by molar-refractivity contribution is -0.143. The van der Waals surface area contributed by atoms with Crippen LogP contribution < -0.4 is 5.32 Å². The molecular formula is C85H161NO5. The van der Waals surface area contributed by atoms with Crippen LogP contribution in [0, 0.1) is 0 Å². The van der Waals surface area contributed by atoms with Crippen molar-refractivity contribution in [1.82, 2.24) is 5.32 Å². The molecule has 0 saturated heterocycles. The fourth-order valence-corrected chi connectivity index (χ4v) is 13.0. The van der Waals surface area contributed by atoms with Crippen molar-refractivity contribution in [3.63, 3.8) is 0 Å². The Labute approximate surface area is 569 Å². The summed E-state index contributed by atoms with van der Waals surface area (Å²) in [6.45, 7) is 4.92. The van der Waals surface area contributed by atoms with E-state index >= 15 is 0 Å². The topological polar surface area (TPSA) is 95.9 Å². The van der Waals surface area contributed by atoms with Crippen LogP contribution in [0.15, 0.2) is 48.6 Å². The van der Waals surface area contributed by atoms with Crippen molar-refractivity contribution in [3.05, 3.63) is 48.6 Å². The van der Waals surface area contributed by atoms with Gasteiger partial charge in [-0.2, -0.15) is 0 Å². The van der Waals surface area contributed by atoms with Crippen molar-refractivity contribution in [2.45, 2.75) is 469 Å². The van der Waals surface area contributed by atoms with Crippen LogP contribution in [-0.2, 0) is 14.3 Å². The van der Waals surface area contributed by atoms with E-state index in [0.717, 1.165) is 51.4 Å². The van der Waals surface area contributed by atoms with E-state index in [1.807, 2.05) is 6.08 Å². The molecule has 0 aromatic heterocycles. The van der Waals surface area contributed by atoms with Gasteiger partial charge in [-0.3, -0.25) is 9.59 Å². The Hall–Kier alpha value is -2.18. The molecule has 2 unspecified atom stereocenters. The minimum Gasteiger partial charge on any atom is -0.466 e. The van der Waals surface area contributed by atoms with Gasteiger partial charge in [0, 0.05) is 12.8 Å². The number of rotatable bonds is 78. The zero-order valence-electron chi connectivity index (χ0n) is 61.6. The molecular weight excluding hydrogens is 1110 g/mol. The number of carbonyl (C=O) groups excluding carboxylic acids is 2. The van der Waals surface area contributed by atoms with E-state index in [9.17, 15) is 19.8 Å². The molecule has 91 heavy (non-hydrogen) atoms. The van der Waals surface area contributed by atoms with E-state index < -0.39 is 12.1 Å². The van der Waals surface area contributed by atoms with Gasteiger partial charge in [-0.15, -0.1) is 0 Å². The molecule has 0 aromatic carbocycles. The number of esters is 1. The van der Waals surface area contributed by atoms with E-state index in [4.69, 9.17) is 4.74 Å².